The van der Waals surface area contributed by atoms with Crippen molar-refractivity contribution in [3.05, 3.63) is 107 Å². The lowest BCUT2D eigenvalue weighted by Gasteiger charge is -2.15. The van der Waals surface area contributed by atoms with Crippen molar-refractivity contribution >= 4 is 16.8 Å². The minimum Gasteiger partial charge on any atom is -0.372 e. The van der Waals surface area contributed by atoms with Gasteiger partial charge in [0.05, 0.1) is 12.1 Å². The highest BCUT2D eigenvalue weighted by Crippen LogP contribution is 2.25. The fourth-order valence-corrected chi connectivity index (χ4v) is 4.40. The molecule has 1 aromatic heterocycles. The summed E-state index contributed by atoms with van der Waals surface area (Å²) in [6.45, 7) is 1.96. The van der Waals surface area contributed by atoms with Gasteiger partial charge in [-0.3, -0.25) is 15.0 Å². The summed E-state index contributed by atoms with van der Waals surface area (Å²) in [6.07, 6.45) is 1.02. The molecule has 0 bridgehead atoms. The standard InChI is InChI=1S/C29H28N4O3/c30-27-18-25(28(34)32-36-19-20-6-2-1-3-7-20)16-24-13-12-23(17-26(24)31-27)21-8-10-22(11-9-21)29(35)33-14-4-5-15-33/h1-3,6-13,16-18,28,30,32,34H,4-5,14-15,19H2. The predicted molar refractivity (Wildman–Crippen MR) is 137 cm³/mol. The van der Waals surface area contributed by atoms with Crippen LogP contribution in [0, 0.1) is 5.41 Å². The minimum atomic E-state index is -1.12. The molecular formula is C29H28N4O3. The normalized spacial score (nSPS) is 14.2. The molecule has 182 valence electrons. The van der Waals surface area contributed by atoms with Gasteiger partial charge in [0.25, 0.3) is 5.91 Å². The molecule has 1 atom stereocenters. The van der Waals surface area contributed by atoms with E-state index in [4.69, 9.17) is 10.2 Å². The first kappa shape index (κ1) is 23.8. The first-order valence-electron chi connectivity index (χ1n) is 12.1. The summed E-state index contributed by atoms with van der Waals surface area (Å²) >= 11 is 0. The maximum absolute atomic E-state index is 12.6. The number of fused-ring (bicyclic) bond motifs is 1. The zero-order chi connectivity index (χ0) is 24.9. The maximum Gasteiger partial charge on any atom is 0.253 e. The molecule has 3 aromatic carbocycles. The average Bonchev–Trinajstić information content (AvgIpc) is 3.38. The Morgan fingerprint density at radius 1 is 0.972 bits per heavy atom. The second-order valence-electron chi connectivity index (χ2n) is 8.93. The number of carbonyl (C=O) groups excluding carboxylic acids is 1. The van der Waals surface area contributed by atoms with Crippen molar-refractivity contribution in [3.63, 3.8) is 0 Å². The molecule has 1 aliphatic rings. The Morgan fingerprint density at radius 3 is 2.44 bits per heavy atom. The summed E-state index contributed by atoms with van der Waals surface area (Å²) in [4.78, 5) is 24.4. The van der Waals surface area contributed by atoms with Crippen molar-refractivity contribution < 1.29 is 14.7 Å². The van der Waals surface area contributed by atoms with E-state index in [2.05, 4.69) is 10.5 Å². The van der Waals surface area contributed by atoms with E-state index in [1.165, 1.54) is 6.07 Å². The van der Waals surface area contributed by atoms with Gasteiger partial charge in [-0.2, -0.15) is 5.48 Å². The van der Waals surface area contributed by atoms with E-state index >= 15 is 0 Å². The van der Waals surface area contributed by atoms with Crippen LogP contribution in [0.15, 0.2) is 84.9 Å². The highest BCUT2D eigenvalue weighted by Gasteiger charge is 2.19. The number of aliphatic hydroxyl groups is 1. The summed E-state index contributed by atoms with van der Waals surface area (Å²) in [7, 11) is 0. The highest BCUT2D eigenvalue weighted by atomic mass is 16.7. The minimum absolute atomic E-state index is 0.0348. The molecule has 7 nitrogen and oxygen atoms in total. The molecule has 1 unspecified atom stereocenters. The van der Waals surface area contributed by atoms with Crippen molar-refractivity contribution in [1.82, 2.24) is 15.4 Å². The Labute approximate surface area is 209 Å². The summed E-state index contributed by atoms with van der Waals surface area (Å²) in [5.41, 5.74) is 7.36. The van der Waals surface area contributed by atoms with Gasteiger partial charge in [0.15, 0.2) is 6.23 Å². The van der Waals surface area contributed by atoms with Crippen LogP contribution in [0.4, 0.5) is 0 Å². The first-order chi connectivity index (χ1) is 17.6. The number of benzene rings is 3. The molecule has 7 heteroatoms. The Kier molecular flexibility index (Phi) is 7.13. The van der Waals surface area contributed by atoms with Crippen LogP contribution in [0.2, 0.25) is 0 Å². The predicted octanol–water partition coefficient (Wildman–Crippen LogP) is 4.33. The quantitative estimate of drug-likeness (QED) is 0.270. The largest absolute Gasteiger partial charge is 0.372 e. The number of likely N-dealkylation sites (tertiary alicyclic amines) is 1. The molecule has 1 aliphatic heterocycles. The van der Waals surface area contributed by atoms with Crippen LogP contribution >= 0.6 is 0 Å². The molecule has 36 heavy (non-hydrogen) atoms. The lowest BCUT2D eigenvalue weighted by Crippen LogP contribution is -2.27. The first-order valence-corrected chi connectivity index (χ1v) is 12.1. The van der Waals surface area contributed by atoms with Gasteiger partial charge >= 0.3 is 0 Å². The number of rotatable bonds is 7. The molecule has 0 spiro atoms. The molecule has 0 aliphatic carbocycles. The Bertz CT molecular complexity index is 1420. The molecule has 1 amide bonds. The monoisotopic (exact) mass is 480 g/mol. The van der Waals surface area contributed by atoms with Crippen molar-refractivity contribution in [2.45, 2.75) is 25.7 Å². The number of aromatic nitrogens is 1. The van der Waals surface area contributed by atoms with Crippen molar-refractivity contribution in [2.75, 3.05) is 13.1 Å². The number of aliphatic hydroxyl groups excluding tert-OH is 1. The van der Waals surface area contributed by atoms with Crippen LogP contribution in [-0.2, 0) is 11.4 Å². The molecule has 1 fully saturated rings. The lowest BCUT2D eigenvalue weighted by atomic mass is 10.0. The molecule has 5 rings (SSSR count). The van der Waals surface area contributed by atoms with E-state index in [-0.39, 0.29) is 11.4 Å². The Morgan fingerprint density at radius 2 is 1.69 bits per heavy atom. The van der Waals surface area contributed by atoms with Crippen LogP contribution in [0.1, 0.15) is 40.6 Å². The van der Waals surface area contributed by atoms with Crippen LogP contribution in [-0.4, -0.2) is 34.0 Å². The molecule has 2 heterocycles. The Hall–Kier alpha value is -3.91. The molecule has 3 N–H and O–H groups in total. The number of hydrogen-bond donors (Lipinski definition) is 3. The summed E-state index contributed by atoms with van der Waals surface area (Å²) < 4.78 is 0. The van der Waals surface area contributed by atoms with Crippen molar-refractivity contribution in [3.8, 4) is 11.1 Å². The van der Waals surface area contributed by atoms with Crippen LogP contribution in [0.5, 0.6) is 0 Å². The average molecular weight is 481 g/mol. The highest BCUT2D eigenvalue weighted by molar-refractivity contribution is 5.95. The fourth-order valence-electron chi connectivity index (χ4n) is 4.40. The number of hydrogen-bond acceptors (Lipinski definition) is 6. The van der Waals surface area contributed by atoms with Gasteiger partial charge in [0, 0.05) is 29.6 Å². The number of hydroxylamine groups is 1. The van der Waals surface area contributed by atoms with Crippen LogP contribution < -0.4 is 11.0 Å². The third kappa shape index (κ3) is 5.49. The van der Waals surface area contributed by atoms with Gasteiger partial charge in [-0.25, -0.2) is 4.98 Å². The van der Waals surface area contributed by atoms with E-state index in [1.54, 1.807) is 6.07 Å². The number of nitrogens with zero attached hydrogens (tertiary/aromatic N) is 2. The molecule has 4 aromatic rings. The SMILES string of the molecule is N=c1cc(C(O)NOCc2ccccc2)cc2ccc(-c3ccc(C(=O)N4CCCC4)cc3)cc2n1. The van der Waals surface area contributed by atoms with Gasteiger partial charge < -0.3 is 10.0 Å². The summed E-state index contributed by atoms with van der Waals surface area (Å²) in [6, 6.07) is 26.4. The summed E-state index contributed by atoms with van der Waals surface area (Å²) in [5.74, 6) is 0.0811. The Balaban J connectivity index is 1.33. The molecule has 1 saturated heterocycles. The van der Waals surface area contributed by atoms with E-state index in [0.29, 0.717) is 23.3 Å². The lowest BCUT2D eigenvalue weighted by molar-refractivity contribution is -0.0671. The second kappa shape index (κ2) is 10.8. The topological polar surface area (TPSA) is 98.5 Å². The fraction of sp³-hybridized carbons (Fsp3) is 0.207. The van der Waals surface area contributed by atoms with Gasteiger partial charge in [0.1, 0.15) is 5.49 Å². The number of carbonyl (C=O) groups is 1. The summed E-state index contributed by atoms with van der Waals surface area (Å²) in [5, 5.41) is 19.6. The van der Waals surface area contributed by atoms with Crippen LogP contribution in [0.25, 0.3) is 22.0 Å². The van der Waals surface area contributed by atoms with Gasteiger partial charge in [-0.15, -0.1) is 0 Å². The number of amides is 1. The molecule has 0 radical (unpaired) electrons. The number of nitrogens with one attached hydrogen (secondary N) is 2. The zero-order valence-corrected chi connectivity index (χ0v) is 19.9. The second-order valence-corrected chi connectivity index (χ2v) is 8.93. The van der Waals surface area contributed by atoms with Gasteiger partial charge in [-0.1, -0.05) is 54.6 Å². The van der Waals surface area contributed by atoms with E-state index in [9.17, 15) is 9.90 Å². The van der Waals surface area contributed by atoms with Crippen molar-refractivity contribution in [1.29, 1.82) is 5.41 Å². The van der Waals surface area contributed by atoms with E-state index < -0.39 is 6.23 Å². The zero-order valence-electron chi connectivity index (χ0n) is 19.9. The van der Waals surface area contributed by atoms with Gasteiger partial charge in [-0.05, 0) is 59.9 Å². The van der Waals surface area contributed by atoms with Gasteiger partial charge in [0.2, 0.25) is 0 Å². The van der Waals surface area contributed by atoms with Crippen LogP contribution in [0.3, 0.4) is 0 Å². The molecular weight excluding hydrogens is 452 g/mol. The smallest absolute Gasteiger partial charge is 0.253 e. The van der Waals surface area contributed by atoms with E-state index in [0.717, 1.165) is 48.0 Å². The van der Waals surface area contributed by atoms with E-state index in [1.807, 2.05) is 77.7 Å². The third-order valence-corrected chi connectivity index (χ3v) is 6.35. The molecule has 0 saturated carbocycles. The maximum atomic E-state index is 12.6. The van der Waals surface area contributed by atoms with Crippen molar-refractivity contribution in [2.24, 2.45) is 0 Å². The third-order valence-electron chi connectivity index (χ3n) is 6.35.